The monoisotopic (exact) mass is 1630 g/mol. The number of hydrogen-bond acceptors (Lipinski definition) is 0. The Morgan fingerprint density at radius 1 is 0.128 bits per heavy atom. The number of hydrogen-bond donors (Lipinski definition) is 0. The highest BCUT2D eigenvalue weighted by molar-refractivity contribution is 6.89. The fourth-order valence-electron chi connectivity index (χ4n) is 19.1. The summed E-state index contributed by atoms with van der Waals surface area (Å²) in [6.45, 7) is 21.1. The molecule has 0 aliphatic heterocycles. The molecule has 0 N–H and O–H groups in total. The zero-order chi connectivity index (χ0) is 85.3. The summed E-state index contributed by atoms with van der Waals surface area (Å²) in [6, 6.07) is 163. The first-order chi connectivity index (χ1) is 61.0. The van der Waals surface area contributed by atoms with Gasteiger partial charge in [0.2, 0.25) is 0 Å². The highest BCUT2D eigenvalue weighted by atomic mass is 28.3. The standard InChI is InChI=1S/2C41H34Si.C41H32/c1-42(2,3)35-18-12-16-33(28-35)30-23-25-31(26-24-30)40-36-19-7-9-21-38(36)41(39-22-10-8-20-37(39)40)34-17-11-15-32(27-34)29-13-5-4-6-14-29;1-42(2,3)35-26-24-31(25-27-35)33-14-11-15-34(28-33)41-38-18-9-7-16-36(38)40(37-17-8-10-19-39(37)41)32-22-20-30(21-23-32)29-12-5-4-6-13-29;1-27-24-28(2)39(29(3)25-27)33-14-11-15-34(26-33)41-37-18-9-7-16-35(37)40(36-17-8-10-19-38(36)41)32-22-20-31(21-23-32)30-12-5-4-6-13-30/h2*4-28H,1-3H3;4-26H,1-3H3. The molecule has 0 bridgehead atoms. The summed E-state index contributed by atoms with van der Waals surface area (Å²) < 4.78 is 0. The van der Waals surface area contributed by atoms with E-state index in [4.69, 9.17) is 0 Å². The second-order valence-corrected chi connectivity index (χ2v) is 45.7. The molecule has 2 heteroatoms. The van der Waals surface area contributed by atoms with E-state index >= 15 is 0 Å². The fraction of sp³-hybridized carbons (Fsp3) is 0.0732. The van der Waals surface area contributed by atoms with Crippen LogP contribution in [0.4, 0.5) is 0 Å². The van der Waals surface area contributed by atoms with Crippen molar-refractivity contribution in [2.45, 2.75) is 60.1 Å². The Hall–Kier alpha value is -14.4. The van der Waals surface area contributed by atoms with Crippen LogP contribution in [0, 0.1) is 20.8 Å². The van der Waals surface area contributed by atoms with Gasteiger partial charge >= 0.3 is 0 Å². The van der Waals surface area contributed by atoms with Crippen LogP contribution < -0.4 is 10.4 Å². The molecule has 0 heterocycles. The Bertz CT molecular complexity index is 7360. The molecule has 0 nitrogen and oxygen atoms in total. The SMILES string of the molecule is C[Si](C)(C)c1ccc(-c2cccc(-c3c4ccccc4c(-c4ccc(-c5ccccc5)cc4)c4ccccc34)c2)cc1.C[Si](C)(C)c1cccc(-c2ccc(-c3c4ccccc4c(-c4cccc(-c5ccccc5)c4)c4ccccc34)cc2)c1.Cc1cc(C)c(-c2cccc(-c3c4ccccc4c(-c4ccc(-c5ccccc5)cc4)c4ccccc34)c2)c(C)c1. The first kappa shape index (κ1) is 80.3. The summed E-state index contributed by atoms with van der Waals surface area (Å²) in [6.07, 6.45) is 0. The average molecular weight is 1630 g/mol. The Kier molecular flexibility index (Phi) is 22.2. The lowest BCUT2D eigenvalue weighted by atomic mass is 9.84. The Morgan fingerprint density at radius 3 is 0.592 bits per heavy atom. The van der Waals surface area contributed by atoms with Gasteiger partial charge in [-0.2, -0.15) is 0 Å². The molecule has 0 amide bonds. The minimum Gasteiger partial charge on any atom is -0.0656 e. The van der Waals surface area contributed by atoms with Gasteiger partial charge in [-0.3, -0.25) is 0 Å². The predicted molar refractivity (Wildman–Crippen MR) is 550 cm³/mol. The average Bonchev–Trinajstić information content (AvgIpc) is 0.741. The van der Waals surface area contributed by atoms with Gasteiger partial charge in [0.1, 0.15) is 0 Å². The van der Waals surface area contributed by atoms with Crippen LogP contribution in [-0.2, 0) is 0 Å². The van der Waals surface area contributed by atoms with E-state index in [-0.39, 0.29) is 0 Å². The maximum absolute atomic E-state index is 2.41. The van der Waals surface area contributed by atoms with Crippen LogP contribution in [0.2, 0.25) is 39.3 Å². The molecule has 21 aromatic carbocycles. The number of fused-ring (bicyclic) bond motifs is 6. The van der Waals surface area contributed by atoms with Gasteiger partial charge in [0.25, 0.3) is 0 Å². The van der Waals surface area contributed by atoms with Gasteiger partial charge in [-0.15, -0.1) is 0 Å². The summed E-state index contributed by atoms with van der Waals surface area (Å²) in [4.78, 5) is 0. The summed E-state index contributed by atoms with van der Waals surface area (Å²) >= 11 is 0. The van der Waals surface area contributed by atoms with E-state index in [1.54, 1.807) is 0 Å². The Labute approximate surface area is 738 Å². The van der Waals surface area contributed by atoms with Crippen LogP contribution in [0.1, 0.15) is 16.7 Å². The molecule has 0 fully saturated rings. The van der Waals surface area contributed by atoms with Crippen molar-refractivity contribution in [3.63, 3.8) is 0 Å². The summed E-state index contributed by atoms with van der Waals surface area (Å²) in [5.74, 6) is 0. The van der Waals surface area contributed by atoms with Crippen molar-refractivity contribution in [2.75, 3.05) is 0 Å². The first-order valence-electron chi connectivity index (χ1n) is 43.9. The molecular weight excluding hydrogens is 1530 g/mol. The van der Waals surface area contributed by atoms with E-state index in [9.17, 15) is 0 Å². The van der Waals surface area contributed by atoms with Crippen molar-refractivity contribution in [3.05, 3.63) is 460 Å². The van der Waals surface area contributed by atoms with Crippen molar-refractivity contribution >= 4 is 91.2 Å². The maximum Gasteiger partial charge on any atom is 0.0776 e. The number of aryl methyl sites for hydroxylation is 3. The summed E-state index contributed by atoms with van der Waals surface area (Å²) in [5.41, 5.74) is 34.3. The van der Waals surface area contributed by atoms with Gasteiger partial charge in [0, 0.05) is 0 Å². The second kappa shape index (κ2) is 34.5. The molecule has 21 rings (SSSR count). The Balaban J connectivity index is 0.000000123. The Morgan fingerprint density at radius 2 is 0.312 bits per heavy atom. The molecule has 125 heavy (non-hydrogen) atoms. The quantitative estimate of drug-likeness (QED) is 0.0752. The molecule has 0 aliphatic rings. The van der Waals surface area contributed by atoms with Crippen molar-refractivity contribution in [1.29, 1.82) is 0 Å². The highest BCUT2D eigenvalue weighted by Gasteiger charge is 2.24. The third-order valence-electron chi connectivity index (χ3n) is 25.2. The zero-order valence-electron chi connectivity index (χ0n) is 72.6. The van der Waals surface area contributed by atoms with E-state index in [2.05, 4.69) is 503 Å². The molecule has 0 saturated carbocycles. The van der Waals surface area contributed by atoms with Crippen molar-refractivity contribution in [2.24, 2.45) is 0 Å². The van der Waals surface area contributed by atoms with Gasteiger partial charge in [-0.05, 0) is 248 Å². The third-order valence-corrected chi connectivity index (χ3v) is 29.3. The van der Waals surface area contributed by atoms with E-state index < -0.39 is 16.1 Å². The van der Waals surface area contributed by atoms with Crippen LogP contribution >= 0.6 is 0 Å². The lowest BCUT2D eigenvalue weighted by Crippen LogP contribution is -2.37. The molecule has 0 radical (unpaired) electrons. The fourth-order valence-corrected chi connectivity index (χ4v) is 21.5. The molecule has 0 saturated heterocycles. The van der Waals surface area contributed by atoms with Crippen LogP contribution in [0.3, 0.4) is 0 Å². The van der Waals surface area contributed by atoms with E-state index in [0.29, 0.717) is 0 Å². The van der Waals surface area contributed by atoms with Gasteiger partial charge in [0.05, 0.1) is 16.1 Å². The molecule has 0 atom stereocenters. The molecule has 600 valence electrons. The molecule has 0 aromatic heterocycles. The molecule has 0 aliphatic carbocycles. The largest absolute Gasteiger partial charge is 0.0776 e. The smallest absolute Gasteiger partial charge is 0.0656 e. The first-order valence-corrected chi connectivity index (χ1v) is 50.9. The van der Waals surface area contributed by atoms with Crippen molar-refractivity contribution < 1.29 is 0 Å². The van der Waals surface area contributed by atoms with Gasteiger partial charge < -0.3 is 0 Å². The van der Waals surface area contributed by atoms with Gasteiger partial charge in [-0.1, -0.05) is 480 Å². The van der Waals surface area contributed by atoms with Crippen LogP contribution in [0.5, 0.6) is 0 Å². The van der Waals surface area contributed by atoms with Crippen LogP contribution in [0.25, 0.3) is 198 Å². The summed E-state index contributed by atoms with van der Waals surface area (Å²) in [7, 11) is -2.71. The van der Waals surface area contributed by atoms with Crippen LogP contribution in [0.15, 0.2) is 443 Å². The maximum atomic E-state index is 2.41. The van der Waals surface area contributed by atoms with Crippen molar-refractivity contribution in [3.8, 4) is 134 Å². The third kappa shape index (κ3) is 16.2. The van der Waals surface area contributed by atoms with E-state index in [0.717, 1.165) is 0 Å². The minimum absolute atomic E-state index is 1.23. The summed E-state index contributed by atoms with van der Waals surface area (Å²) in [5, 5.41) is 18.4. The van der Waals surface area contributed by atoms with E-state index in [1.165, 1.54) is 225 Å². The number of rotatable bonds is 14. The minimum atomic E-state index is -1.38. The normalized spacial score (nSPS) is 11.6. The molecule has 0 unspecified atom stereocenters. The van der Waals surface area contributed by atoms with Crippen LogP contribution in [-0.4, -0.2) is 16.1 Å². The number of benzene rings is 21. The predicted octanol–water partition coefficient (Wildman–Crippen LogP) is 34.0. The van der Waals surface area contributed by atoms with Gasteiger partial charge in [0.15, 0.2) is 0 Å². The van der Waals surface area contributed by atoms with Crippen molar-refractivity contribution in [1.82, 2.24) is 0 Å². The zero-order valence-corrected chi connectivity index (χ0v) is 74.6. The molecule has 0 spiro atoms. The molecular formula is C123H100Si2. The van der Waals surface area contributed by atoms with E-state index in [1.807, 2.05) is 0 Å². The molecule has 21 aromatic rings. The lowest BCUT2D eigenvalue weighted by Gasteiger charge is -2.19. The highest BCUT2D eigenvalue weighted by Crippen LogP contribution is 2.49. The second-order valence-electron chi connectivity index (χ2n) is 35.5. The topological polar surface area (TPSA) is 0 Å². The van der Waals surface area contributed by atoms with Gasteiger partial charge in [-0.25, -0.2) is 0 Å². The lowest BCUT2D eigenvalue weighted by molar-refractivity contribution is 1.32.